The van der Waals surface area contributed by atoms with Gasteiger partial charge < -0.3 is 9.47 Å². The first kappa shape index (κ1) is 14.5. The Morgan fingerprint density at radius 2 is 1.88 bits per heavy atom. The highest BCUT2D eigenvalue weighted by molar-refractivity contribution is 9.09. The molecule has 1 aliphatic rings. The molecule has 0 spiro atoms. The van der Waals surface area contributed by atoms with Gasteiger partial charge in [0.25, 0.3) is 0 Å². The summed E-state index contributed by atoms with van der Waals surface area (Å²) in [6, 6.07) is 0. The van der Waals surface area contributed by atoms with Crippen LogP contribution in [0, 0.1) is 5.92 Å². The maximum atomic E-state index is 5.44. The fraction of sp³-hybridized carbons (Fsp3) is 1.00. The van der Waals surface area contributed by atoms with E-state index >= 15 is 0 Å². The summed E-state index contributed by atoms with van der Waals surface area (Å²) >= 11 is 3.84. The maximum absolute atomic E-state index is 5.44. The van der Waals surface area contributed by atoms with Crippen molar-refractivity contribution in [3.63, 3.8) is 0 Å². The van der Waals surface area contributed by atoms with Gasteiger partial charge in [-0.1, -0.05) is 35.2 Å². The Morgan fingerprint density at radius 3 is 2.56 bits per heavy atom. The van der Waals surface area contributed by atoms with Crippen molar-refractivity contribution in [3.05, 3.63) is 0 Å². The number of hydrogen-bond donors (Lipinski definition) is 0. The molecule has 0 radical (unpaired) electrons. The first-order chi connectivity index (χ1) is 7.84. The number of hydrogen-bond acceptors (Lipinski definition) is 2. The van der Waals surface area contributed by atoms with E-state index in [4.69, 9.17) is 9.47 Å². The van der Waals surface area contributed by atoms with Crippen LogP contribution in [0.15, 0.2) is 0 Å². The van der Waals surface area contributed by atoms with Crippen molar-refractivity contribution in [1.29, 1.82) is 0 Å². The molecule has 0 heterocycles. The minimum Gasteiger partial charge on any atom is -0.382 e. The molecule has 1 saturated carbocycles. The lowest BCUT2D eigenvalue weighted by Gasteiger charge is -2.16. The molecular weight excluding hydrogens is 268 g/mol. The number of alkyl halides is 1. The fourth-order valence-corrected chi connectivity index (χ4v) is 3.19. The van der Waals surface area contributed by atoms with Crippen molar-refractivity contribution < 1.29 is 9.47 Å². The minimum absolute atomic E-state index is 0.711. The molecule has 0 aromatic carbocycles. The van der Waals surface area contributed by atoms with Crippen LogP contribution in [0.2, 0.25) is 0 Å². The summed E-state index contributed by atoms with van der Waals surface area (Å²) in [5, 5.41) is 0. The van der Waals surface area contributed by atoms with Crippen LogP contribution in [0.3, 0.4) is 0 Å². The molecule has 2 nitrogen and oxygen atoms in total. The van der Waals surface area contributed by atoms with Gasteiger partial charge in [0.15, 0.2) is 0 Å². The Bertz CT molecular complexity index is 158. The topological polar surface area (TPSA) is 18.5 Å². The SMILES string of the molecule is COCCOCCCCC(Br)C1CCCC1. The molecule has 0 aliphatic heterocycles. The zero-order valence-electron chi connectivity index (χ0n) is 10.4. The van der Waals surface area contributed by atoms with Gasteiger partial charge in [0.1, 0.15) is 0 Å². The summed E-state index contributed by atoms with van der Waals surface area (Å²) in [4.78, 5) is 0.744. The van der Waals surface area contributed by atoms with Crippen molar-refractivity contribution in [2.24, 2.45) is 5.92 Å². The van der Waals surface area contributed by atoms with Crippen LogP contribution in [0.5, 0.6) is 0 Å². The molecule has 0 bridgehead atoms. The van der Waals surface area contributed by atoms with Crippen molar-refractivity contribution >= 4 is 15.9 Å². The minimum atomic E-state index is 0.711. The summed E-state index contributed by atoms with van der Waals surface area (Å²) in [6.45, 7) is 2.33. The van der Waals surface area contributed by atoms with Crippen LogP contribution in [0.4, 0.5) is 0 Å². The van der Waals surface area contributed by atoms with E-state index in [1.165, 1.54) is 44.9 Å². The van der Waals surface area contributed by atoms with Crippen molar-refractivity contribution in [2.75, 3.05) is 26.9 Å². The van der Waals surface area contributed by atoms with Crippen molar-refractivity contribution in [2.45, 2.75) is 49.8 Å². The van der Waals surface area contributed by atoms with Crippen LogP contribution in [0.25, 0.3) is 0 Å². The van der Waals surface area contributed by atoms with Gasteiger partial charge in [-0.25, -0.2) is 0 Å². The van der Waals surface area contributed by atoms with E-state index in [-0.39, 0.29) is 0 Å². The molecule has 0 aromatic heterocycles. The highest BCUT2D eigenvalue weighted by Gasteiger charge is 2.21. The maximum Gasteiger partial charge on any atom is 0.0700 e. The lowest BCUT2D eigenvalue weighted by Crippen LogP contribution is -2.11. The summed E-state index contributed by atoms with van der Waals surface area (Å²) in [7, 11) is 1.71. The average molecular weight is 293 g/mol. The summed E-state index contributed by atoms with van der Waals surface area (Å²) in [5.41, 5.74) is 0. The predicted octanol–water partition coefficient (Wildman–Crippen LogP) is 3.77. The Morgan fingerprint density at radius 1 is 1.12 bits per heavy atom. The molecule has 1 unspecified atom stereocenters. The smallest absolute Gasteiger partial charge is 0.0700 e. The molecule has 16 heavy (non-hydrogen) atoms. The molecule has 0 aromatic rings. The molecule has 1 aliphatic carbocycles. The third-order valence-electron chi connectivity index (χ3n) is 3.36. The second-order valence-corrected chi connectivity index (χ2v) is 5.84. The quantitative estimate of drug-likeness (QED) is 0.476. The Labute approximate surface area is 108 Å². The van der Waals surface area contributed by atoms with Gasteiger partial charge in [-0.2, -0.15) is 0 Å². The van der Waals surface area contributed by atoms with Crippen LogP contribution in [-0.2, 0) is 9.47 Å². The summed E-state index contributed by atoms with van der Waals surface area (Å²) < 4.78 is 10.4. The van der Waals surface area contributed by atoms with E-state index in [1.54, 1.807) is 7.11 Å². The van der Waals surface area contributed by atoms with E-state index in [2.05, 4.69) is 15.9 Å². The lowest BCUT2D eigenvalue weighted by molar-refractivity contribution is 0.0685. The molecule has 0 saturated heterocycles. The van der Waals surface area contributed by atoms with Gasteiger partial charge in [0.05, 0.1) is 13.2 Å². The average Bonchev–Trinajstić information content (AvgIpc) is 2.81. The summed E-state index contributed by atoms with van der Waals surface area (Å²) in [6.07, 6.45) is 9.50. The molecule has 1 fully saturated rings. The number of rotatable bonds is 9. The van der Waals surface area contributed by atoms with Crippen LogP contribution in [-0.4, -0.2) is 31.8 Å². The number of halogens is 1. The lowest BCUT2D eigenvalue weighted by atomic mass is 10.00. The van der Waals surface area contributed by atoms with E-state index < -0.39 is 0 Å². The Balaban J connectivity index is 1.86. The zero-order valence-corrected chi connectivity index (χ0v) is 12.0. The molecule has 0 amide bonds. The van der Waals surface area contributed by atoms with Crippen LogP contribution < -0.4 is 0 Å². The van der Waals surface area contributed by atoms with E-state index in [0.717, 1.165) is 24.0 Å². The molecular formula is C13H25BrO2. The van der Waals surface area contributed by atoms with E-state index in [9.17, 15) is 0 Å². The van der Waals surface area contributed by atoms with Gasteiger partial charge in [-0.3, -0.25) is 0 Å². The van der Waals surface area contributed by atoms with Crippen LogP contribution >= 0.6 is 15.9 Å². The third-order valence-corrected chi connectivity index (χ3v) is 4.57. The van der Waals surface area contributed by atoms with Gasteiger partial charge in [-0.15, -0.1) is 0 Å². The molecule has 96 valence electrons. The Hall–Kier alpha value is 0.400. The standard InChI is InChI=1S/C13H25BrO2/c1-15-10-11-16-9-5-4-8-13(14)12-6-2-3-7-12/h12-13H,2-11H2,1H3. The number of ether oxygens (including phenoxy) is 2. The highest BCUT2D eigenvalue weighted by Crippen LogP contribution is 2.33. The van der Waals surface area contributed by atoms with Gasteiger partial charge in [0.2, 0.25) is 0 Å². The zero-order chi connectivity index (χ0) is 11.6. The van der Waals surface area contributed by atoms with Crippen LogP contribution in [0.1, 0.15) is 44.9 Å². The fourth-order valence-electron chi connectivity index (χ4n) is 2.34. The molecule has 1 atom stereocenters. The highest BCUT2D eigenvalue weighted by atomic mass is 79.9. The monoisotopic (exact) mass is 292 g/mol. The van der Waals surface area contributed by atoms with E-state index in [0.29, 0.717) is 6.61 Å². The second kappa shape index (κ2) is 9.43. The van der Waals surface area contributed by atoms with Gasteiger partial charge in [0, 0.05) is 18.5 Å². The molecule has 3 heteroatoms. The normalized spacial score (nSPS) is 19.1. The largest absolute Gasteiger partial charge is 0.382 e. The predicted molar refractivity (Wildman–Crippen MR) is 71.2 cm³/mol. The number of methoxy groups -OCH3 is 1. The van der Waals surface area contributed by atoms with Gasteiger partial charge >= 0.3 is 0 Å². The summed E-state index contributed by atoms with van der Waals surface area (Å²) in [5.74, 6) is 0.939. The molecule has 0 N–H and O–H groups in total. The molecule has 1 rings (SSSR count). The van der Waals surface area contributed by atoms with Crippen molar-refractivity contribution in [3.8, 4) is 0 Å². The second-order valence-electron chi connectivity index (χ2n) is 4.66. The third kappa shape index (κ3) is 6.21. The Kier molecular flexibility index (Phi) is 8.52. The first-order valence-electron chi connectivity index (χ1n) is 6.55. The first-order valence-corrected chi connectivity index (χ1v) is 7.47. The number of unbranched alkanes of at least 4 members (excludes halogenated alkanes) is 1. The van der Waals surface area contributed by atoms with E-state index in [1.807, 2.05) is 0 Å². The van der Waals surface area contributed by atoms with Crippen molar-refractivity contribution in [1.82, 2.24) is 0 Å². The van der Waals surface area contributed by atoms with Gasteiger partial charge in [-0.05, 0) is 31.6 Å².